The van der Waals surface area contributed by atoms with E-state index in [1.807, 2.05) is 30.2 Å². The molecule has 2 aromatic heterocycles. The average molecular weight is 491 g/mol. The van der Waals surface area contributed by atoms with Gasteiger partial charge in [-0.05, 0) is 81.4 Å². The zero-order chi connectivity index (χ0) is 24.9. The third kappa shape index (κ3) is 5.77. The number of nitrogens with zero attached hydrogens (tertiary/aromatic N) is 5. The van der Waals surface area contributed by atoms with E-state index in [1.54, 1.807) is 0 Å². The van der Waals surface area contributed by atoms with E-state index in [9.17, 15) is 4.79 Å². The summed E-state index contributed by atoms with van der Waals surface area (Å²) in [6, 6.07) is 8.41. The van der Waals surface area contributed by atoms with Gasteiger partial charge in [0.1, 0.15) is 5.82 Å². The highest BCUT2D eigenvalue weighted by molar-refractivity contribution is 5.95. The number of nitrogens with one attached hydrogen (secondary N) is 1. The highest BCUT2D eigenvalue weighted by atomic mass is 16.3. The van der Waals surface area contributed by atoms with E-state index in [-0.39, 0.29) is 18.4 Å². The van der Waals surface area contributed by atoms with Crippen molar-refractivity contribution < 1.29 is 9.90 Å². The van der Waals surface area contributed by atoms with Crippen molar-refractivity contribution in [2.75, 3.05) is 44.6 Å². The first kappa shape index (κ1) is 24.9. The van der Waals surface area contributed by atoms with Gasteiger partial charge in [-0.15, -0.1) is 0 Å². The minimum atomic E-state index is 0.00643. The van der Waals surface area contributed by atoms with Crippen molar-refractivity contribution in [2.24, 2.45) is 13.0 Å². The SMILES string of the molecule is Cn1ncc(-c2ccc3cnc(NC(=O)C4CCN(CCCO)CC4)cc3c2)c1CN1CCCCC1. The summed E-state index contributed by atoms with van der Waals surface area (Å²) in [7, 11) is 2.03. The third-order valence-corrected chi connectivity index (χ3v) is 7.76. The Hall–Kier alpha value is -2.81. The molecule has 8 heteroatoms. The highest BCUT2D eigenvalue weighted by Gasteiger charge is 2.25. The van der Waals surface area contributed by atoms with E-state index in [4.69, 9.17) is 5.11 Å². The van der Waals surface area contributed by atoms with Crippen LogP contribution in [0.5, 0.6) is 0 Å². The molecule has 2 aliphatic rings. The Morgan fingerprint density at radius 3 is 2.61 bits per heavy atom. The number of aryl methyl sites for hydroxylation is 1. The van der Waals surface area contributed by atoms with Gasteiger partial charge in [0.25, 0.3) is 0 Å². The first-order valence-electron chi connectivity index (χ1n) is 13.4. The summed E-state index contributed by atoms with van der Waals surface area (Å²) in [5.74, 6) is 0.662. The fraction of sp³-hybridized carbons (Fsp3) is 0.536. The fourth-order valence-electron chi connectivity index (χ4n) is 5.54. The van der Waals surface area contributed by atoms with E-state index < -0.39 is 0 Å². The number of carbonyl (C=O) groups excluding carboxylic acids is 1. The summed E-state index contributed by atoms with van der Waals surface area (Å²) in [5, 5.41) is 18.8. The third-order valence-electron chi connectivity index (χ3n) is 7.76. The van der Waals surface area contributed by atoms with E-state index >= 15 is 0 Å². The molecule has 0 saturated carbocycles. The molecule has 2 fully saturated rings. The molecule has 8 nitrogen and oxygen atoms in total. The number of fused-ring (bicyclic) bond motifs is 1. The van der Waals surface area contributed by atoms with Gasteiger partial charge in [0, 0.05) is 49.8 Å². The first-order valence-corrected chi connectivity index (χ1v) is 13.4. The number of aliphatic hydroxyl groups excluding tert-OH is 1. The molecular formula is C28H38N6O2. The first-order chi connectivity index (χ1) is 17.6. The van der Waals surface area contributed by atoms with Crippen LogP contribution < -0.4 is 5.32 Å². The molecule has 0 bridgehead atoms. The molecule has 5 rings (SSSR count). The van der Waals surface area contributed by atoms with E-state index in [0.717, 1.165) is 74.9 Å². The number of anilines is 1. The molecule has 0 aliphatic carbocycles. The van der Waals surface area contributed by atoms with Gasteiger partial charge in [0.15, 0.2) is 0 Å². The zero-order valence-electron chi connectivity index (χ0n) is 21.3. The van der Waals surface area contributed by atoms with Crippen LogP contribution in [0.15, 0.2) is 36.7 Å². The second kappa shape index (κ2) is 11.5. The van der Waals surface area contributed by atoms with Crippen LogP contribution in [0.1, 0.15) is 44.2 Å². The summed E-state index contributed by atoms with van der Waals surface area (Å²) in [6.45, 7) is 6.14. The maximum atomic E-state index is 12.9. The zero-order valence-corrected chi connectivity index (χ0v) is 21.3. The smallest absolute Gasteiger partial charge is 0.228 e. The summed E-state index contributed by atoms with van der Waals surface area (Å²) in [6.07, 6.45) is 10.2. The number of carbonyl (C=O) groups is 1. The number of likely N-dealkylation sites (tertiary alicyclic amines) is 2. The van der Waals surface area contributed by atoms with Crippen LogP contribution in [-0.2, 0) is 18.4 Å². The monoisotopic (exact) mass is 490 g/mol. The number of benzene rings is 1. The quantitative estimate of drug-likeness (QED) is 0.501. The Kier molecular flexibility index (Phi) is 7.94. The van der Waals surface area contributed by atoms with Crippen LogP contribution >= 0.6 is 0 Å². The number of rotatable bonds is 8. The lowest BCUT2D eigenvalue weighted by atomic mass is 9.95. The Labute approximate surface area is 213 Å². The van der Waals surface area contributed by atoms with Crippen molar-refractivity contribution in [1.82, 2.24) is 24.6 Å². The Bertz CT molecular complexity index is 1180. The van der Waals surface area contributed by atoms with Gasteiger partial charge in [-0.3, -0.25) is 14.4 Å². The largest absolute Gasteiger partial charge is 0.396 e. The van der Waals surface area contributed by atoms with E-state index in [0.29, 0.717) is 5.82 Å². The normalized spacial score (nSPS) is 18.1. The number of hydrogen-bond acceptors (Lipinski definition) is 6. The topological polar surface area (TPSA) is 86.5 Å². The van der Waals surface area contributed by atoms with Gasteiger partial charge in [-0.25, -0.2) is 4.98 Å². The van der Waals surface area contributed by atoms with E-state index in [2.05, 4.69) is 43.4 Å². The highest BCUT2D eigenvalue weighted by Crippen LogP contribution is 2.29. The molecule has 36 heavy (non-hydrogen) atoms. The summed E-state index contributed by atoms with van der Waals surface area (Å²) in [4.78, 5) is 22.3. The molecule has 4 heterocycles. The van der Waals surface area contributed by atoms with Gasteiger partial charge in [0.05, 0.1) is 11.9 Å². The molecular weight excluding hydrogens is 452 g/mol. The molecule has 0 spiro atoms. The van der Waals surface area contributed by atoms with Crippen LogP contribution in [0.3, 0.4) is 0 Å². The Balaban J connectivity index is 1.29. The van der Waals surface area contributed by atoms with Crippen molar-refractivity contribution >= 4 is 22.5 Å². The van der Waals surface area contributed by atoms with Crippen LogP contribution in [0.4, 0.5) is 5.82 Å². The summed E-state index contributed by atoms with van der Waals surface area (Å²) >= 11 is 0. The predicted octanol–water partition coefficient (Wildman–Crippen LogP) is 3.65. The van der Waals surface area contributed by atoms with Crippen LogP contribution in [0.25, 0.3) is 21.9 Å². The van der Waals surface area contributed by atoms with Gasteiger partial charge >= 0.3 is 0 Å². The molecule has 1 aromatic carbocycles. The molecule has 0 radical (unpaired) electrons. The van der Waals surface area contributed by atoms with Crippen molar-refractivity contribution in [2.45, 2.75) is 45.1 Å². The second-order valence-electron chi connectivity index (χ2n) is 10.3. The van der Waals surface area contributed by atoms with Crippen molar-refractivity contribution in [3.63, 3.8) is 0 Å². The number of pyridine rings is 1. The Morgan fingerprint density at radius 2 is 1.83 bits per heavy atom. The standard InChI is InChI=1S/C28H38N6O2/c1-32-26(20-34-10-3-2-4-11-34)25(19-30-32)22-6-7-23-18-29-27(17-24(23)16-22)31-28(36)21-8-13-33(14-9-21)12-5-15-35/h6-7,16-19,21,35H,2-5,8-15,20H2,1H3,(H,29,31,36). The van der Waals surface area contributed by atoms with Gasteiger partial charge in [0.2, 0.25) is 5.91 Å². The number of hydrogen-bond donors (Lipinski definition) is 2. The lowest BCUT2D eigenvalue weighted by Gasteiger charge is -2.31. The Morgan fingerprint density at radius 1 is 1.03 bits per heavy atom. The van der Waals surface area contributed by atoms with Gasteiger partial charge in [-0.1, -0.05) is 18.6 Å². The van der Waals surface area contributed by atoms with E-state index in [1.165, 1.54) is 30.5 Å². The lowest BCUT2D eigenvalue weighted by molar-refractivity contribution is -0.121. The second-order valence-corrected chi connectivity index (χ2v) is 10.3. The van der Waals surface area contributed by atoms with Crippen molar-refractivity contribution in [1.29, 1.82) is 0 Å². The fourth-order valence-corrected chi connectivity index (χ4v) is 5.54. The molecule has 3 aromatic rings. The van der Waals surface area contributed by atoms with Gasteiger partial charge < -0.3 is 15.3 Å². The number of piperidine rings is 2. The maximum absolute atomic E-state index is 12.9. The average Bonchev–Trinajstić information content (AvgIpc) is 3.27. The molecule has 2 aliphatic heterocycles. The number of aromatic nitrogens is 3. The van der Waals surface area contributed by atoms with Crippen molar-refractivity contribution in [3.05, 3.63) is 42.4 Å². The summed E-state index contributed by atoms with van der Waals surface area (Å²) in [5.41, 5.74) is 3.55. The number of amides is 1. The molecule has 2 N–H and O–H groups in total. The predicted molar refractivity (Wildman–Crippen MR) is 143 cm³/mol. The molecule has 2 saturated heterocycles. The number of aliphatic hydroxyl groups is 1. The molecule has 0 unspecified atom stereocenters. The van der Waals surface area contributed by atoms with Crippen LogP contribution in [0, 0.1) is 5.92 Å². The molecule has 1 amide bonds. The van der Waals surface area contributed by atoms with Crippen LogP contribution in [0.2, 0.25) is 0 Å². The summed E-state index contributed by atoms with van der Waals surface area (Å²) < 4.78 is 2.00. The minimum absolute atomic E-state index is 0.00643. The van der Waals surface area contributed by atoms with Gasteiger partial charge in [-0.2, -0.15) is 5.10 Å². The minimum Gasteiger partial charge on any atom is -0.396 e. The lowest BCUT2D eigenvalue weighted by Crippen LogP contribution is -2.38. The molecule has 192 valence electrons. The molecule has 0 atom stereocenters. The maximum Gasteiger partial charge on any atom is 0.228 e. The van der Waals surface area contributed by atoms with Crippen LogP contribution in [-0.4, -0.2) is 74.9 Å². The van der Waals surface area contributed by atoms with Crippen molar-refractivity contribution in [3.8, 4) is 11.1 Å².